The Labute approximate surface area is 120 Å². The van der Waals surface area contributed by atoms with Crippen LogP contribution in [0, 0.1) is 13.8 Å². The van der Waals surface area contributed by atoms with Crippen molar-refractivity contribution in [1.29, 1.82) is 0 Å². The van der Waals surface area contributed by atoms with Crippen LogP contribution in [-0.2, 0) is 21.5 Å². The normalized spacial score (nSPS) is 18.2. The zero-order chi connectivity index (χ0) is 14.6. The molecule has 20 heavy (non-hydrogen) atoms. The molecule has 5 heteroatoms. The summed E-state index contributed by atoms with van der Waals surface area (Å²) < 4.78 is 11.5. The smallest absolute Gasteiger partial charge is 0.160 e. The van der Waals surface area contributed by atoms with E-state index >= 15 is 0 Å². The number of ether oxygens (including phenoxy) is 2. The van der Waals surface area contributed by atoms with Gasteiger partial charge in [0, 0.05) is 44.1 Å². The van der Waals surface area contributed by atoms with Crippen LogP contribution in [0.25, 0.3) is 0 Å². The van der Waals surface area contributed by atoms with Crippen molar-refractivity contribution in [3.05, 3.63) is 22.8 Å². The Bertz CT molecular complexity index is 428. The van der Waals surface area contributed by atoms with Crippen LogP contribution in [0.5, 0.6) is 0 Å². The summed E-state index contributed by atoms with van der Waals surface area (Å²) in [6, 6.07) is 0. The predicted octanol–water partition coefficient (Wildman–Crippen LogP) is 1.64. The minimum Gasteiger partial charge on any atom is -0.381 e. The van der Waals surface area contributed by atoms with Gasteiger partial charge in [0.2, 0.25) is 0 Å². The van der Waals surface area contributed by atoms with Crippen molar-refractivity contribution in [1.82, 2.24) is 9.97 Å². The first-order chi connectivity index (χ1) is 9.63. The zero-order valence-corrected chi connectivity index (χ0v) is 12.7. The van der Waals surface area contributed by atoms with E-state index in [-0.39, 0.29) is 5.60 Å². The first-order valence-corrected chi connectivity index (χ1v) is 7.39. The van der Waals surface area contributed by atoms with E-state index in [9.17, 15) is 0 Å². The molecule has 1 saturated heterocycles. The third kappa shape index (κ3) is 3.00. The van der Waals surface area contributed by atoms with Crippen LogP contribution < -0.4 is 5.73 Å². The molecule has 0 unspecified atom stereocenters. The summed E-state index contributed by atoms with van der Waals surface area (Å²) in [5.74, 6) is 0.804. The maximum Gasteiger partial charge on any atom is 0.160 e. The maximum absolute atomic E-state index is 6.04. The molecule has 2 rings (SSSR count). The highest BCUT2D eigenvalue weighted by molar-refractivity contribution is 5.26. The molecule has 112 valence electrons. The van der Waals surface area contributed by atoms with Gasteiger partial charge in [0.1, 0.15) is 5.60 Å². The minimum absolute atomic E-state index is 0.385. The van der Waals surface area contributed by atoms with E-state index in [1.807, 2.05) is 20.8 Å². The van der Waals surface area contributed by atoms with Gasteiger partial charge in [-0.15, -0.1) is 0 Å². The molecule has 0 bridgehead atoms. The summed E-state index contributed by atoms with van der Waals surface area (Å²) in [6.45, 7) is 8.75. The highest BCUT2D eigenvalue weighted by Crippen LogP contribution is 2.34. The molecule has 0 aromatic carbocycles. The van der Waals surface area contributed by atoms with Crippen LogP contribution in [0.4, 0.5) is 0 Å². The van der Waals surface area contributed by atoms with Crippen LogP contribution in [0.15, 0.2) is 0 Å². The molecule has 0 spiro atoms. The van der Waals surface area contributed by atoms with Gasteiger partial charge < -0.3 is 15.2 Å². The summed E-state index contributed by atoms with van der Waals surface area (Å²) >= 11 is 0. The van der Waals surface area contributed by atoms with Crippen LogP contribution in [0.2, 0.25) is 0 Å². The summed E-state index contributed by atoms with van der Waals surface area (Å²) in [5, 5.41) is 0. The molecule has 1 aromatic rings. The Balaban J connectivity index is 2.39. The first-order valence-electron chi connectivity index (χ1n) is 7.39. The van der Waals surface area contributed by atoms with E-state index in [2.05, 4.69) is 0 Å². The van der Waals surface area contributed by atoms with E-state index in [1.54, 1.807) is 0 Å². The Hall–Kier alpha value is -1.04. The van der Waals surface area contributed by atoms with E-state index in [0.29, 0.717) is 26.4 Å². The Morgan fingerprint density at radius 3 is 2.30 bits per heavy atom. The van der Waals surface area contributed by atoms with E-state index < -0.39 is 0 Å². The standard InChI is InChI=1S/C15H25N3O2/c1-4-20-15(6-9-19-10-7-15)14-17-11(2)13(5-8-16)12(3)18-14/h4-10,16H2,1-3H3. The molecule has 1 aromatic heterocycles. The molecule has 1 aliphatic heterocycles. The van der Waals surface area contributed by atoms with Crippen molar-refractivity contribution in [2.24, 2.45) is 5.73 Å². The number of aryl methyl sites for hydroxylation is 2. The van der Waals surface area contributed by atoms with Crippen molar-refractivity contribution in [3.8, 4) is 0 Å². The largest absolute Gasteiger partial charge is 0.381 e. The molecule has 0 radical (unpaired) electrons. The highest BCUT2D eigenvalue weighted by atomic mass is 16.5. The average Bonchev–Trinajstić information content (AvgIpc) is 2.44. The lowest BCUT2D eigenvalue weighted by Gasteiger charge is -2.35. The molecule has 0 atom stereocenters. The number of rotatable bonds is 5. The van der Waals surface area contributed by atoms with Crippen molar-refractivity contribution in [2.45, 2.75) is 45.6 Å². The quantitative estimate of drug-likeness (QED) is 0.887. The van der Waals surface area contributed by atoms with E-state index in [0.717, 1.165) is 42.0 Å². The third-order valence-electron chi connectivity index (χ3n) is 3.94. The molecule has 5 nitrogen and oxygen atoms in total. The number of nitrogens with zero attached hydrogens (tertiary/aromatic N) is 2. The maximum atomic E-state index is 6.04. The van der Waals surface area contributed by atoms with Crippen molar-refractivity contribution < 1.29 is 9.47 Å². The molecule has 2 heterocycles. The van der Waals surface area contributed by atoms with Gasteiger partial charge in [-0.05, 0) is 39.3 Å². The molecule has 0 aliphatic carbocycles. The van der Waals surface area contributed by atoms with Gasteiger partial charge in [-0.3, -0.25) is 0 Å². The fourth-order valence-electron chi connectivity index (χ4n) is 2.86. The summed E-state index contributed by atoms with van der Waals surface area (Å²) in [4.78, 5) is 9.44. The summed E-state index contributed by atoms with van der Waals surface area (Å²) in [5.41, 5.74) is 8.47. The van der Waals surface area contributed by atoms with Crippen LogP contribution in [-0.4, -0.2) is 36.3 Å². The fraction of sp³-hybridized carbons (Fsp3) is 0.733. The van der Waals surface area contributed by atoms with Crippen molar-refractivity contribution in [3.63, 3.8) is 0 Å². The lowest BCUT2D eigenvalue weighted by atomic mass is 9.92. The summed E-state index contributed by atoms with van der Waals surface area (Å²) in [7, 11) is 0. The van der Waals surface area contributed by atoms with Gasteiger partial charge in [-0.25, -0.2) is 9.97 Å². The highest BCUT2D eigenvalue weighted by Gasteiger charge is 2.38. The average molecular weight is 279 g/mol. The second-order valence-corrected chi connectivity index (χ2v) is 5.27. The molecular formula is C15H25N3O2. The number of aromatic nitrogens is 2. The predicted molar refractivity (Wildman–Crippen MR) is 77.6 cm³/mol. The van der Waals surface area contributed by atoms with Crippen molar-refractivity contribution >= 4 is 0 Å². The van der Waals surface area contributed by atoms with Gasteiger partial charge in [-0.2, -0.15) is 0 Å². The van der Waals surface area contributed by atoms with Gasteiger partial charge in [-0.1, -0.05) is 0 Å². The monoisotopic (exact) mass is 279 g/mol. The van der Waals surface area contributed by atoms with Crippen LogP contribution >= 0.6 is 0 Å². The number of nitrogens with two attached hydrogens (primary N) is 1. The SMILES string of the molecule is CCOC1(c2nc(C)c(CCN)c(C)n2)CCOCC1. The van der Waals surface area contributed by atoms with Gasteiger partial charge in [0.15, 0.2) is 5.82 Å². The third-order valence-corrected chi connectivity index (χ3v) is 3.94. The lowest BCUT2D eigenvalue weighted by Crippen LogP contribution is -2.39. The fourth-order valence-corrected chi connectivity index (χ4v) is 2.86. The topological polar surface area (TPSA) is 70.3 Å². The van der Waals surface area contributed by atoms with Crippen LogP contribution in [0.1, 0.15) is 42.5 Å². The molecule has 1 aliphatic rings. The van der Waals surface area contributed by atoms with Gasteiger partial charge in [0.05, 0.1) is 0 Å². The van der Waals surface area contributed by atoms with E-state index in [4.69, 9.17) is 25.2 Å². The first kappa shape index (κ1) is 15.4. The molecule has 0 amide bonds. The minimum atomic E-state index is -0.385. The van der Waals surface area contributed by atoms with Crippen molar-refractivity contribution in [2.75, 3.05) is 26.4 Å². The second kappa shape index (κ2) is 6.61. The summed E-state index contributed by atoms with van der Waals surface area (Å²) in [6.07, 6.45) is 2.45. The molecule has 1 fully saturated rings. The molecule has 2 N–H and O–H groups in total. The zero-order valence-electron chi connectivity index (χ0n) is 12.7. The molecule has 0 saturated carbocycles. The Kier molecular flexibility index (Phi) is 5.07. The molecular weight excluding hydrogens is 254 g/mol. The number of hydrogen-bond acceptors (Lipinski definition) is 5. The second-order valence-electron chi connectivity index (χ2n) is 5.27. The Morgan fingerprint density at radius 1 is 1.20 bits per heavy atom. The van der Waals surface area contributed by atoms with Gasteiger partial charge >= 0.3 is 0 Å². The van der Waals surface area contributed by atoms with E-state index in [1.165, 1.54) is 0 Å². The lowest BCUT2D eigenvalue weighted by molar-refractivity contribution is -0.118. The Morgan fingerprint density at radius 2 is 1.80 bits per heavy atom. The van der Waals surface area contributed by atoms with Crippen LogP contribution in [0.3, 0.4) is 0 Å². The number of hydrogen-bond donors (Lipinski definition) is 1. The van der Waals surface area contributed by atoms with Gasteiger partial charge in [0.25, 0.3) is 0 Å².